The second-order valence-electron chi connectivity index (χ2n) is 5.24. The van der Waals surface area contributed by atoms with E-state index in [1.807, 2.05) is 12.1 Å². The van der Waals surface area contributed by atoms with Crippen LogP contribution in [-0.2, 0) is 6.42 Å². The van der Waals surface area contributed by atoms with Gasteiger partial charge in [0.15, 0.2) is 0 Å². The summed E-state index contributed by atoms with van der Waals surface area (Å²) >= 11 is 0. The van der Waals surface area contributed by atoms with E-state index in [-0.39, 0.29) is 0 Å². The minimum atomic E-state index is 0.650. The number of anilines is 1. The Labute approximate surface area is 121 Å². The molecule has 2 rings (SSSR count). The Balaban J connectivity index is 1.73. The van der Waals surface area contributed by atoms with Crippen molar-refractivity contribution in [1.82, 2.24) is 0 Å². The predicted molar refractivity (Wildman–Crippen MR) is 85.4 cm³/mol. The lowest BCUT2D eigenvalue weighted by Crippen LogP contribution is -2.12. The molecule has 1 N–H and O–H groups in total. The Bertz CT molecular complexity index is 493. The van der Waals surface area contributed by atoms with Crippen molar-refractivity contribution in [2.75, 3.05) is 19.0 Å². The van der Waals surface area contributed by atoms with E-state index in [0.717, 1.165) is 24.4 Å². The fourth-order valence-electron chi connectivity index (χ4n) is 2.16. The van der Waals surface area contributed by atoms with E-state index in [2.05, 4.69) is 54.7 Å². The number of methoxy groups -OCH3 is 1. The van der Waals surface area contributed by atoms with Crippen LogP contribution in [0.25, 0.3) is 0 Å². The van der Waals surface area contributed by atoms with E-state index in [1.54, 1.807) is 7.11 Å². The molecule has 106 valence electrons. The van der Waals surface area contributed by atoms with Gasteiger partial charge >= 0.3 is 0 Å². The largest absolute Gasteiger partial charge is 0.497 e. The number of hydrogen-bond acceptors (Lipinski definition) is 2. The molecule has 2 heteroatoms. The first kappa shape index (κ1) is 14.4. The van der Waals surface area contributed by atoms with Crippen molar-refractivity contribution >= 4 is 5.69 Å². The van der Waals surface area contributed by atoms with Gasteiger partial charge in [0.1, 0.15) is 5.75 Å². The maximum absolute atomic E-state index is 5.15. The average molecular weight is 269 g/mol. The minimum absolute atomic E-state index is 0.650. The lowest BCUT2D eigenvalue weighted by Gasteiger charge is -2.14. The predicted octanol–water partition coefficient (Wildman–Crippen LogP) is 4.38. The summed E-state index contributed by atoms with van der Waals surface area (Å²) in [7, 11) is 1.69. The molecule has 1 atom stereocenters. The first-order valence-corrected chi connectivity index (χ1v) is 7.20. The van der Waals surface area contributed by atoms with Crippen LogP contribution in [0.15, 0.2) is 54.6 Å². The van der Waals surface area contributed by atoms with Gasteiger partial charge in [0.2, 0.25) is 0 Å². The summed E-state index contributed by atoms with van der Waals surface area (Å²) in [5.74, 6) is 1.55. The number of nitrogens with one attached hydrogen (secondary N) is 1. The van der Waals surface area contributed by atoms with Crippen molar-refractivity contribution in [3.05, 3.63) is 60.2 Å². The van der Waals surface area contributed by atoms with Gasteiger partial charge in [-0.2, -0.15) is 0 Å². The third-order valence-electron chi connectivity index (χ3n) is 3.51. The van der Waals surface area contributed by atoms with E-state index in [0.29, 0.717) is 5.92 Å². The van der Waals surface area contributed by atoms with Crippen molar-refractivity contribution in [3.8, 4) is 5.75 Å². The maximum atomic E-state index is 5.15. The first-order chi connectivity index (χ1) is 9.78. The molecule has 0 amide bonds. The number of hydrogen-bond donors (Lipinski definition) is 1. The summed E-state index contributed by atoms with van der Waals surface area (Å²) in [6.45, 7) is 3.29. The standard InChI is InChI=1S/C18H23NO/c1-15(8-9-16-6-4-3-5-7-16)14-19-17-10-12-18(20-2)13-11-17/h3-7,10-13,15,19H,8-9,14H2,1-2H3. The smallest absolute Gasteiger partial charge is 0.119 e. The zero-order valence-electron chi connectivity index (χ0n) is 12.3. The fraction of sp³-hybridized carbons (Fsp3) is 0.333. The number of benzene rings is 2. The summed E-state index contributed by atoms with van der Waals surface area (Å²) in [6, 6.07) is 18.8. The SMILES string of the molecule is COc1ccc(NCC(C)CCc2ccccc2)cc1. The van der Waals surface area contributed by atoms with Crippen molar-refractivity contribution in [2.24, 2.45) is 5.92 Å². The molecular weight excluding hydrogens is 246 g/mol. The van der Waals surface area contributed by atoms with Crippen LogP contribution in [0.4, 0.5) is 5.69 Å². The van der Waals surface area contributed by atoms with Crippen LogP contribution in [0.2, 0.25) is 0 Å². The Morgan fingerprint density at radius 3 is 2.35 bits per heavy atom. The van der Waals surface area contributed by atoms with Crippen LogP contribution >= 0.6 is 0 Å². The topological polar surface area (TPSA) is 21.3 Å². The lowest BCUT2D eigenvalue weighted by molar-refractivity contribution is 0.415. The normalized spacial score (nSPS) is 11.9. The van der Waals surface area contributed by atoms with Crippen molar-refractivity contribution in [1.29, 1.82) is 0 Å². The summed E-state index contributed by atoms with van der Waals surface area (Å²) in [6.07, 6.45) is 2.35. The Hall–Kier alpha value is -1.96. The number of rotatable bonds is 7. The minimum Gasteiger partial charge on any atom is -0.497 e. The highest BCUT2D eigenvalue weighted by molar-refractivity contribution is 5.46. The number of aryl methyl sites for hydroxylation is 1. The molecule has 0 aliphatic rings. The molecule has 0 heterocycles. The summed E-state index contributed by atoms with van der Waals surface area (Å²) in [5.41, 5.74) is 2.57. The van der Waals surface area contributed by atoms with Gasteiger partial charge in [-0.05, 0) is 48.6 Å². The van der Waals surface area contributed by atoms with E-state index < -0.39 is 0 Å². The van der Waals surface area contributed by atoms with E-state index >= 15 is 0 Å². The molecular formula is C18H23NO. The second kappa shape index (κ2) is 7.59. The molecule has 2 aromatic rings. The van der Waals surface area contributed by atoms with E-state index in [9.17, 15) is 0 Å². The number of ether oxygens (including phenoxy) is 1. The molecule has 0 aliphatic heterocycles. The highest BCUT2D eigenvalue weighted by Crippen LogP contribution is 2.16. The molecule has 0 saturated carbocycles. The van der Waals surface area contributed by atoms with Gasteiger partial charge in [-0.15, -0.1) is 0 Å². The van der Waals surface area contributed by atoms with Gasteiger partial charge in [0, 0.05) is 12.2 Å². The van der Waals surface area contributed by atoms with Gasteiger partial charge in [0.05, 0.1) is 7.11 Å². The van der Waals surface area contributed by atoms with E-state index in [4.69, 9.17) is 4.74 Å². The molecule has 0 aromatic heterocycles. The van der Waals surface area contributed by atoms with Crippen molar-refractivity contribution in [3.63, 3.8) is 0 Å². The molecule has 0 bridgehead atoms. The van der Waals surface area contributed by atoms with Crippen LogP contribution < -0.4 is 10.1 Å². The molecule has 0 fully saturated rings. The average Bonchev–Trinajstić information content (AvgIpc) is 2.52. The van der Waals surface area contributed by atoms with Crippen molar-refractivity contribution < 1.29 is 4.74 Å². The van der Waals surface area contributed by atoms with Gasteiger partial charge in [-0.25, -0.2) is 0 Å². The zero-order chi connectivity index (χ0) is 14.2. The van der Waals surface area contributed by atoms with Gasteiger partial charge in [-0.1, -0.05) is 37.3 Å². The molecule has 1 unspecified atom stereocenters. The van der Waals surface area contributed by atoms with Crippen molar-refractivity contribution in [2.45, 2.75) is 19.8 Å². The summed E-state index contributed by atoms with van der Waals surface area (Å²) in [5, 5.41) is 3.48. The van der Waals surface area contributed by atoms with E-state index in [1.165, 1.54) is 12.0 Å². The molecule has 2 aromatic carbocycles. The Kier molecular flexibility index (Phi) is 5.48. The van der Waals surface area contributed by atoms with Crippen LogP contribution in [0.1, 0.15) is 18.9 Å². The summed E-state index contributed by atoms with van der Waals surface area (Å²) < 4.78 is 5.15. The molecule has 0 aliphatic carbocycles. The molecule has 0 saturated heterocycles. The molecule has 0 spiro atoms. The van der Waals surface area contributed by atoms with Crippen LogP contribution in [0.5, 0.6) is 5.75 Å². The third-order valence-corrected chi connectivity index (χ3v) is 3.51. The van der Waals surface area contributed by atoms with Gasteiger partial charge < -0.3 is 10.1 Å². The molecule has 2 nitrogen and oxygen atoms in total. The van der Waals surface area contributed by atoms with Crippen LogP contribution in [0, 0.1) is 5.92 Å². The van der Waals surface area contributed by atoms with Crippen LogP contribution in [-0.4, -0.2) is 13.7 Å². The Morgan fingerprint density at radius 1 is 1.00 bits per heavy atom. The first-order valence-electron chi connectivity index (χ1n) is 7.20. The fourth-order valence-corrected chi connectivity index (χ4v) is 2.16. The summed E-state index contributed by atoms with van der Waals surface area (Å²) in [4.78, 5) is 0. The second-order valence-corrected chi connectivity index (χ2v) is 5.24. The highest BCUT2D eigenvalue weighted by atomic mass is 16.5. The Morgan fingerprint density at radius 2 is 1.70 bits per heavy atom. The monoisotopic (exact) mass is 269 g/mol. The quantitative estimate of drug-likeness (QED) is 0.805. The lowest BCUT2D eigenvalue weighted by atomic mass is 10.0. The highest BCUT2D eigenvalue weighted by Gasteiger charge is 2.03. The molecule has 20 heavy (non-hydrogen) atoms. The maximum Gasteiger partial charge on any atom is 0.119 e. The zero-order valence-corrected chi connectivity index (χ0v) is 12.3. The third kappa shape index (κ3) is 4.61. The van der Waals surface area contributed by atoms with Gasteiger partial charge in [0.25, 0.3) is 0 Å². The molecule has 0 radical (unpaired) electrons. The van der Waals surface area contributed by atoms with Crippen LogP contribution in [0.3, 0.4) is 0 Å². The van der Waals surface area contributed by atoms with Gasteiger partial charge in [-0.3, -0.25) is 0 Å².